The summed E-state index contributed by atoms with van der Waals surface area (Å²) in [5.41, 5.74) is 14.8. The van der Waals surface area contributed by atoms with E-state index in [1.165, 1.54) is 93.3 Å². The van der Waals surface area contributed by atoms with Crippen LogP contribution in [-0.2, 0) is 5.41 Å². The molecule has 0 fully saturated rings. The van der Waals surface area contributed by atoms with Gasteiger partial charge in [-0.3, -0.25) is 0 Å². The Morgan fingerprint density at radius 1 is 0.426 bits per heavy atom. The fourth-order valence-corrected chi connectivity index (χ4v) is 10.4. The van der Waals surface area contributed by atoms with Crippen molar-refractivity contribution < 1.29 is 0 Å². The van der Waals surface area contributed by atoms with Crippen LogP contribution < -0.4 is 5.32 Å². The molecule has 2 aliphatic rings. The zero-order chi connectivity index (χ0) is 35.6. The van der Waals surface area contributed by atoms with Crippen molar-refractivity contribution in [3.05, 3.63) is 228 Å². The third kappa shape index (κ3) is 4.73. The number of hydrogen-bond donors (Lipinski definition) is 1. The van der Waals surface area contributed by atoms with E-state index in [9.17, 15) is 0 Å². The van der Waals surface area contributed by atoms with Crippen LogP contribution in [0.1, 0.15) is 33.2 Å². The van der Waals surface area contributed by atoms with Crippen molar-refractivity contribution >= 4 is 39.0 Å². The Bertz CT molecular complexity index is 2840. The summed E-state index contributed by atoms with van der Waals surface area (Å²) in [6, 6.07) is 74.1. The van der Waals surface area contributed by atoms with Crippen molar-refractivity contribution in [2.75, 3.05) is 5.32 Å². The van der Waals surface area contributed by atoms with Gasteiger partial charge < -0.3 is 5.32 Å². The molecule has 0 bridgehead atoms. The summed E-state index contributed by atoms with van der Waals surface area (Å²) in [6.07, 6.45) is 0. The summed E-state index contributed by atoms with van der Waals surface area (Å²) < 4.78 is 0. The largest absolute Gasteiger partial charge is 0.368 e. The topological polar surface area (TPSA) is 12.0 Å². The van der Waals surface area contributed by atoms with Crippen LogP contribution in [0.5, 0.6) is 0 Å². The molecule has 0 saturated carbocycles. The van der Waals surface area contributed by atoms with E-state index >= 15 is 0 Å². The van der Waals surface area contributed by atoms with Crippen LogP contribution in [-0.4, -0.2) is 0 Å². The number of rotatable bonds is 5. The highest BCUT2D eigenvalue weighted by molar-refractivity contribution is 8.00. The molecule has 1 heterocycles. The van der Waals surface area contributed by atoms with Crippen LogP contribution >= 0.6 is 11.8 Å². The van der Waals surface area contributed by atoms with Crippen molar-refractivity contribution in [2.45, 2.75) is 15.7 Å². The standard InChI is InChI=1S/C52H35NS/c1-4-13-36(14-5-1)51-53-48-30-28-35-25-23-34-24-26-39(32-45(34)49(35)50(48)54-51)37-15-12-16-38(31-37)40-27-29-44-43-21-10-11-22-46(43)52(47(44)33-40,41-17-6-2-7-18-41)42-19-8-3-9-20-42/h1-33,51,53H. The van der Waals surface area contributed by atoms with Gasteiger partial charge in [0, 0.05) is 16.0 Å². The number of anilines is 1. The quantitative estimate of drug-likeness (QED) is 0.179. The van der Waals surface area contributed by atoms with Gasteiger partial charge in [-0.25, -0.2) is 0 Å². The molecule has 1 unspecified atom stereocenters. The Kier molecular flexibility index (Phi) is 7.15. The van der Waals surface area contributed by atoms with E-state index in [1.807, 2.05) is 11.8 Å². The average Bonchev–Trinajstić information content (AvgIpc) is 3.82. The van der Waals surface area contributed by atoms with Gasteiger partial charge in [0.15, 0.2) is 0 Å². The molecule has 1 atom stereocenters. The fourth-order valence-electron chi connectivity index (χ4n) is 9.10. The number of hydrogen-bond acceptors (Lipinski definition) is 2. The van der Waals surface area contributed by atoms with Crippen LogP contribution in [0.4, 0.5) is 5.69 Å². The average molecular weight is 706 g/mol. The molecule has 9 aromatic rings. The smallest absolute Gasteiger partial charge is 0.103 e. The summed E-state index contributed by atoms with van der Waals surface area (Å²) in [7, 11) is 0. The van der Waals surface area contributed by atoms with E-state index in [1.54, 1.807) is 0 Å². The van der Waals surface area contributed by atoms with Crippen LogP contribution in [0, 0.1) is 0 Å². The highest BCUT2D eigenvalue weighted by Crippen LogP contribution is 2.57. The molecule has 0 spiro atoms. The molecule has 0 saturated heterocycles. The van der Waals surface area contributed by atoms with Gasteiger partial charge in [0.1, 0.15) is 5.37 Å². The first kappa shape index (κ1) is 31.2. The molecule has 54 heavy (non-hydrogen) atoms. The first-order valence-corrected chi connectivity index (χ1v) is 19.6. The zero-order valence-electron chi connectivity index (χ0n) is 29.5. The van der Waals surface area contributed by atoms with Crippen molar-refractivity contribution in [1.82, 2.24) is 0 Å². The van der Waals surface area contributed by atoms with Gasteiger partial charge in [-0.2, -0.15) is 0 Å². The molecule has 1 nitrogen and oxygen atoms in total. The molecule has 254 valence electrons. The van der Waals surface area contributed by atoms with Gasteiger partial charge in [0.25, 0.3) is 0 Å². The predicted molar refractivity (Wildman–Crippen MR) is 228 cm³/mol. The molecular weight excluding hydrogens is 671 g/mol. The number of thioether (sulfide) groups is 1. The van der Waals surface area contributed by atoms with Crippen molar-refractivity contribution in [3.8, 4) is 33.4 Å². The van der Waals surface area contributed by atoms with E-state index in [-0.39, 0.29) is 5.37 Å². The third-order valence-corrected chi connectivity index (χ3v) is 12.9. The van der Waals surface area contributed by atoms with Crippen LogP contribution in [0.15, 0.2) is 205 Å². The molecule has 1 N–H and O–H groups in total. The lowest BCUT2D eigenvalue weighted by atomic mass is 9.67. The summed E-state index contributed by atoms with van der Waals surface area (Å²) >= 11 is 1.93. The second-order valence-corrected chi connectivity index (χ2v) is 15.6. The van der Waals surface area contributed by atoms with Gasteiger partial charge in [-0.1, -0.05) is 188 Å². The van der Waals surface area contributed by atoms with Crippen LogP contribution in [0.2, 0.25) is 0 Å². The second-order valence-electron chi connectivity index (χ2n) is 14.5. The lowest BCUT2D eigenvalue weighted by molar-refractivity contribution is 0.769. The maximum absolute atomic E-state index is 3.79. The highest BCUT2D eigenvalue weighted by Gasteiger charge is 2.46. The minimum atomic E-state index is -0.423. The molecule has 1 aliphatic heterocycles. The minimum Gasteiger partial charge on any atom is -0.368 e. The van der Waals surface area contributed by atoms with E-state index in [2.05, 4.69) is 206 Å². The first-order chi connectivity index (χ1) is 26.8. The number of benzene rings is 9. The molecule has 11 rings (SSSR count). The maximum atomic E-state index is 3.79. The Hall–Kier alpha value is -6.35. The number of fused-ring (bicyclic) bond motifs is 8. The molecular formula is C52H35NS. The first-order valence-electron chi connectivity index (χ1n) is 18.7. The predicted octanol–water partition coefficient (Wildman–Crippen LogP) is 13.9. The third-order valence-electron chi connectivity index (χ3n) is 11.6. The Morgan fingerprint density at radius 2 is 1.00 bits per heavy atom. The summed E-state index contributed by atoms with van der Waals surface area (Å²) in [4.78, 5) is 1.33. The molecule has 0 radical (unpaired) electrons. The lowest BCUT2D eigenvalue weighted by Gasteiger charge is -2.34. The lowest BCUT2D eigenvalue weighted by Crippen LogP contribution is -2.28. The van der Waals surface area contributed by atoms with Crippen molar-refractivity contribution in [3.63, 3.8) is 0 Å². The monoisotopic (exact) mass is 705 g/mol. The Balaban J connectivity index is 1.04. The van der Waals surface area contributed by atoms with Gasteiger partial charge in [0.05, 0.1) is 5.41 Å². The van der Waals surface area contributed by atoms with Crippen molar-refractivity contribution in [1.29, 1.82) is 0 Å². The second kappa shape index (κ2) is 12.4. The summed E-state index contributed by atoms with van der Waals surface area (Å²) in [5.74, 6) is 0. The highest BCUT2D eigenvalue weighted by atomic mass is 32.2. The fraction of sp³-hybridized carbons (Fsp3) is 0.0385. The Morgan fingerprint density at radius 3 is 1.76 bits per heavy atom. The van der Waals surface area contributed by atoms with Gasteiger partial charge in [-0.05, 0) is 102 Å². The van der Waals surface area contributed by atoms with Gasteiger partial charge in [0.2, 0.25) is 0 Å². The van der Waals surface area contributed by atoms with E-state index in [0.29, 0.717) is 0 Å². The maximum Gasteiger partial charge on any atom is 0.103 e. The molecule has 1 aliphatic carbocycles. The Labute approximate surface area is 320 Å². The molecule has 0 aromatic heterocycles. The van der Waals surface area contributed by atoms with E-state index in [0.717, 1.165) is 0 Å². The van der Waals surface area contributed by atoms with E-state index < -0.39 is 5.41 Å². The SMILES string of the molecule is c1ccc(C2Nc3ccc4ccc5ccc(-c6cccc(-c7ccc8c(c7)C(c7ccccc7)(c7ccccc7)c7ccccc7-8)c6)cc5c4c3S2)cc1. The van der Waals surface area contributed by atoms with Gasteiger partial charge in [-0.15, -0.1) is 0 Å². The van der Waals surface area contributed by atoms with Crippen LogP contribution in [0.25, 0.3) is 54.9 Å². The molecule has 2 heteroatoms. The summed E-state index contributed by atoms with van der Waals surface area (Å²) in [5, 5.41) is 9.15. The zero-order valence-corrected chi connectivity index (χ0v) is 30.4. The molecule has 0 amide bonds. The van der Waals surface area contributed by atoms with E-state index in [4.69, 9.17) is 0 Å². The molecule has 9 aromatic carbocycles. The normalized spacial score (nSPS) is 15.1. The van der Waals surface area contributed by atoms with Gasteiger partial charge >= 0.3 is 0 Å². The summed E-state index contributed by atoms with van der Waals surface area (Å²) in [6.45, 7) is 0. The number of nitrogens with one attached hydrogen (secondary N) is 1. The van der Waals surface area contributed by atoms with Crippen molar-refractivity contribution in [2.24, 2.45) is 0 Å². The van der Waals surface area contributed by atoms with Crippen LogP contribution in [0.3, 0.4) is 0 Å². The minimum absolute atomic E-state index is 0.199.